The molecule has 4 rings (SSSR count). The van der Waals surface area contributed by atoms with Crippen molar-refractivity contribution in [1.82, 2.24) is 9.97 Å². The van der Waals surface area contributed by atoms with E-state index < -0.39 is 0 Å². The molecule has 6 heteroatoms. The average molecular weight is 480 g/mol. The fourth-order valence-corrected chi connectivity index (χ4v) is 4.63. The van der Waals surface area contributed by atoms with Crippen molar-refractivity contribution in [2.45, 2.75) is 47.0 Å². The topological polar surface area (TPSA) is 47.5 Å². The summed E-state index contributed by atoms with van der Waals surface area (Å²) < 4.78 is 11.5. The van der Waals surface area contributed by atoms with Crippen LogP contribution in [0.3, 0.4) is 0 Å². The number of para-hydroxylation sites is 1. The van der Waals surface area contributed by atoms with Crippen molar-refractivity contribution < 1.29 is 9.47 Å². The van der Waals surface area contributed by atoms with Crippen LogP contribution in [0.15, 0.2) is 48.8 Å². The van der Waals surface area contributed by atoms with Crippen molar-refractivity contribution in [3.63, 3.8) is 0 Å². The predicted octanol–water partition coefficient (Wildman–Crippen LogP) is 6.75. The van der Waals surface area contributed by atoms with Gasteiger partial charge in [0.25, 0.3) is 0 Å². The lowest BCUT2D eigenvalue weighted by Crippen LogP contribution is -2.38. The van der Waals surface area contributed by atoms with E-state index in [1.54, 1.807) is 6.20 Å². The highest BCUT2D eigenvalue weighted by Gasteiger charge is 2.28. The zero-order chi connectivity index (χ0) is 24.1. The zero-order valence-corrected chi connectivity index (χ0v) is 21.4. The molecule has 1 aliphatic heterocycles. The maximum Gasteiger partial charge on any atom is 0.138 e. The van der Waals surface area contributed by atoms with Gasteiger partial charge in [0.05, 0.1) is 22.6 Å². The van der Waals surface area contributed by atoms with Crippen molar-refractivity contribution in [1.29, 1.82) is 0 Å². The Hall–Kier alpha value is -2.79. The number of rotatable bonds is 8. The summed E-state index contributed by atoms with van der Waals surface area (Å²) in [5, 5.41) is 0.597. The van der Waals surface area contributed by atoms with Gasteiger partial charge in [0.2, 0.25) is 0 Å². The fraction of sp³-hybridized carbons (Fsp3) is 0.429. The van der Waals surface area contributed by atoms with Crippen molar-refractivity contribution in [2.75, 3.05) is 31.2 Å². The lowest BCUT2D eigenvalue weighted by atomic mass is 9.82. The van der Waals surface area contributed by atoms with Gasteiger partial charge in [0.1, 0.15) is 24.7 Å². The monoisotopic (exact) mass is 479 g/mol. The Morgan fingerprint density at radius 3 is 2.38 bits per heavy atom. The van der Waals surface area contributed by atoms with Gasteiger partial charge in [-0.25, -0.2) is 0 Å². The van der Waals surface area contributed by atoms with Crippen LogP contribution < -0.4 is 14.4 Å². The molecule has 1 aromatic carbocycles. The maximum atomic E-state index is 6.13. The second-order valence-electron chi connectivity index (χ2n) is 9.60. The lowest BCUT2D eigenvalue weighted by molar-refractivity contribution is 0.217. The molecular weight excluding hydrogens is 446 g/mol. The molecule has 180 valence electrons. The Balaban J connectivity index is 1.47. The van der Waals surface area contributed by atoms with Crippen LogP contribution in [-0.2, 0) is 6.42 Å². The number of aromatic nitrogens is 2. The number of piperidine rings is 1. The molecule has 0 amide bonds. The molecule has 0 atom stereocenters. The van der Waals surface area contributed by atoms with E-state index in [-0.39, 0.29) is 0 Å². The van der Waals surface area contributed by atoms with Crippen LogP contribution in [0.4, 0.5) is 5.69 Å². The number of ether oxygens (including phenoxy) is 2. The highest BCUT2D eigenvalue weighted by Crippen LogP contribution is 2.39. The van der Waals surface area contributed by atoms with Gasteiger partial charge in [0, 0.05) is 30.5 Å². The Morgan fingerprint density at radius 1 is 0.971 bits per heavy atom. The maximum absolute atomic E-state index is 6.13. The van der Waals surface area contributed by atoms with Crippen molar-refractivity contribution in [3.05, 3.63) is 65.1 Å². The summed E-state index contributed by atoms with van der Waals surface area (Å²) >= 11 is 6.13. The number of nitrogens with zero attached hydrogens (tertiary/aromatic N) is 3. The normalized spacial score (nSPS) is 15.3. The first-order chi connectivity index (χ1) is 16.4. The number of halogens is 1. The highest BCUT2D eigenvalue weighted by atomic mass is 35.5. The van der Waals surface area contributed by atoms with E-state index in [1.807, 2.05) is 42.6 Å². The zero-order valence-electron chi connectivity index (χ0n) is 20.6. The number of aryl methyl sites for hydroxylation is 1. The number of benzene rings is 1. The molecule has 3 heterocycles. The smallest absolute Gasteiger partial charge is 0.138 e. The molecule has 1 saturated heterocycles. The highest BCUT2D eigenvalue weighted by molar-refractivity contribution is 6.32. The second-order valence-corrected chi connectivity index (χ2v) is 10.0. The van der Waals surface area contributed by atoms with Gasteiger partial charge in [-0.15, -0.1) is 0 Å². The summed E-state index contributed by atoms with van der Waals surface area (Å²) in [6.07, 6.45) is 7.08. The van der Waals surface area contributed by atoms with Gasteiger partial charge in [-0.1, -0.05) is 44.5 Å². The van der Waals surface area contributed by atoms with Crippen LogP contribution >= 0.6 is 11.6 Å². The Bertz CT molecular complexity index is 1110. The second kappa shape index (κ2) is 10.6. The molecule has 34 heavy (non-hydrogen) atoms. The molecule has 1 fully saturated rings. The summed E-state index contributed by atoms with van der Waals surface area (Å²) in [4.78, 5) is 12.0. The predicted molar refractivity (Wildman–Crippen MR) is 139 cm³/mol. The lowest BCUT2D eigenvalue weighted by Gasteiger charge is -2.40. The van der Waals surface area contributed by atoms with E-state index in [9.17, 15) is 0 Å². The summed E-state index contributed by atoms with van der Waals surface area (Å²) in [5.74, 6) is 1.37. The molecule has 5 nitrogen and oxygen atoms in total. The van der Waals surface area contributed by atoms with Crippen LogP contribution in [0.25, 0.3) is 11.3 Å². The van der Waals surface area contributed by atoms with Crippen LogP contribution in [0, 0.1) is 12.3 Å². The third-order valence-electron chi connectivity index (χ3n) is 6.61. The molecule has 1 aliphatic rings. The van der Waals surface area contributed by atoms with E-state index >= 15 is 0 Å². The minimum Gasteiger partial charge on any atom is -0.488 e. The van der Waals surface area contributed by atoms with E-state index in [0.717, 1.165) is 36.5 Å². The van der Waals surface area contributed by atoms with Crippen LogP contribution in [0.2, 0.25) is 5.02 Å². The van der Waals surface area contributed by atoms with E-state index in [4.69, 9.17) is 31.0 Å². The van der Waals surface area contributed by atoms with Crippen LogP contribution in [0.1, 0.15) is 44.9 Å². The number of anilines is 1. The van der Waals surface area contributed by atoms with E-state index in [1.165, 1.54) is 24.1 Å². The molecule has 0 saturated carbocycles. The average Bonchev–Trinajstić information content (AvgIpc) is 2.83. The molecular formula is C28H34ClN3O2. The van der Waals surface area contributed by atoms with Gasteiger partial charge < -0.3 is 14.4 Å². The van der Waals surface area contributed by atoms with Gasteiger partial charge in [-0.05, 0) is 61.4 Å². The first-order valence-electron chi connectivity index (χ1n) is 12.1. The Labute approximate surface area is 208 Å². The van der Waals surface area contributed by atoms with Crippen LogP contribution in [0.5, 0.6) is 11.5 Å². The third-order valence-corrected chi connectivity index (χ3v) is 6.92. The molecule has 0 aliphatic carbocycles. The molecule has 2 aromatic heterocycles. The Morgan fingerprint density at radius 2 is 1.71 bits per heavy atom. The van der Waals surface area contributed by atoms with Crippen molar-refractivity contribution in [3.8, 4) is 22.8 Å². The Kier molecular flexibility index (Phi) is 7.62. The summed E-state index contributed by atoms with van der Waals surface area (Å²) in [7, 11) is 0. The van der Waals surface area contributed by atoms with Crippen LogP contribution in [-0.4, -0.2) is 36.3 Å². The van der Waals surface area contributed by atoms with Crippen molar-refractivity contribution in [2.24, 2.45) is 5.41 Å². The summed E-state index contributed by atoms with van der Waals surface area (Å²) in [6.45, 7) is 12.0. The minimum atomic E-state index is 0.401. The standard InChI is InChI=1S/C28H34ClN3O2/c1-5-22-20(2)30-19-23(27(22)32-14-12-28(3,4)13-15-32)25-11-10-21(18-31-25)33-16-17-34-26-9-7-6-8-24(26)29/h6-11,18-19H,5,12-17H2,1-4H3. The summed E-state index contributed by atoms with van der Waals surface area (Å²) in [5.41, 5.74) is 6.12. The number of pyridine rings is 2. The third kappa shape index (κ3) is 5.64. The van der Waals surface area contributed by atoms with Gasteiger partial charge in [-0.2, -0.15) is 0 Å². The quantitative estimate of drug-likeness (QED) is 0.334. The summed E-state index contributed by atoms with van der Waals surface area (Å²) in [6, 6.07) is 11.4. The van der Waals surface area contributed by atoms with Gasteiger partial charge in [0.15, 0.2) is 0 Å². The van der Waals surface area contributed by atoms with Gasteiger partial charge in [-0.3, -0.25) is 9.97 Å². The molecule has 3 aromatic rings. The first kappa shape index (κ1) is 24.3. The molecule has 0 unspecified atom stereocenters. The molecule has 0 bridgehead atoms. The van der Waals surface area contributed by atoms with Gasteiger partial charge >= 0.3 is 0 Å². The fourth-order valence-electron chi connectivity index (χ4n) is 4.44. The SMILES string of the molecule is CCc1c(C)ncc(-c2ccc(OCCOc3ccccc3Cl)cn2)c1N1CCC(C)(C)CC1. The van der Waals surface area contributed by atoms with E-state index in [2.05, 4.69) is 32.6 Å². The minimum absolute atomic E-state index is 0.401. The van der Waals surface area contributed by atoms with E-state index in [0.29, 0.717) is 35.2 Å². The number of hydrogen-bond donors (Lipinski definition) is 0. The number of hydrogen-bond acceptors (Lipinski definition) is 5. The molecule has 0 spiro atoms. The molecule has 0 N–H and O–H groups in total. The first-order valence-corrected chi connectivity index (χ1v) is 12.5. The van der Waals surface area contributed by atoms with Crippen molar-refractivity contribution >= 4 is 17.3 Å². The molecule has 0 radical (unpaired) electrons. The largest absolute Gasteiger partial charge is 0.488 e.